The highest BCUT2D eigenvalue weighted by Gasteiger charge is 2.46. The number of hydrogen-bond acceptors (Lipinski definition) is 1. The molecule has 0 aromatic heterocycles. The van der Waals surface area contributed by atoms with Crippen LogP contribution in [-0.2, 0) is 0 Å². The lowest BCUT2D eigenvalue weighted by Crippen LogP contribution is -2.44. The van der Waals surface area contributed by atoms with Crippen LogP contribution >= 0.6 is 0 Å². The highest BCUT2D eigenvalue weighted by atomic mass is 14.6. The molecule has 4 rings (SSSR count). The van der Waals surface area contributed by atoms with E-state index in [2.05, 4.69) is 18.7 Å². The molecule has 4 aliphatic rings. The minimum atomic E-state index is 0.185. The van der Waals surface area contributed by atoms with Crippen molar-refractivity contribution in [3.63, 3.8) is 0 Å². The second-order valence-corrected chi connectivity index (χ2v) is 6.58. The van der Waals surface area contributed by atoms with Gasteiger partial charge >= 0.3 is 0 Å². The highest BCUT2D eigenvalue weighted by Crippen LogP contribution is 2.56. The van der Waals surface area contributed by atoms with Crippen LogP contribution in [-0.4, -0.2) is 6.04 Å². The van der Waals surface area contributed by atoms with E-state index in [1.165, 1.54) is 25.7 Å². The Kier molecular flexibility index (Phi) is 3.12. The van der Waals surface area contributed by atoms with Gasteiger partial charge in [0.15, 0.2) is 0 Å². The van der Waals surface area contributed by atoms with E-state index in [1.54, 1.807) is 6.42 Å². The highest BCUT2D eigenvalue weighted by molar-refractivity contribution is 5.07. The molecule has 1 atom stereocenters. The van der Waals surface area contributed by atoms with Gasteiger partial charge in [-0.05, 0) is 68.1 Å². The minimum absolute atomic E-state index is 0.185. The largest absolute Gasteiger partial charge is 0.324 e. The molecule has 0 saturated heterocycles. The molecule has 0 aliphatic heterocycles. The van der Waals surface area contributed by atoms with Crippen molar-refractivity contribution in [1.29, 1.82) is 0 Å². The molecule has 4 fully saturated rings. The molecule has 4 saturated carbocycles. The maximum atomic E-state index is 6.03. The van der Waals surface area contributed by atoms with E-state index >= 15 is 0 Å². The van der Waals surface area contributed by atoms with Gasteiger partial charge in [0, 0.05) is 6.04 Å². The van der Waals surface area contributed by atoms with Crippen LogP contribution < -0.4 is 5.73 Å². The van der Waals surface area contributed by atoms with Gasteiger partial charge < -0.3 is 5.73 Å². The van der Waals surface area contributed by atoms with Gasteiger partial charge in [-0.2, -0.15) is 0 Å². The van der Waals surface area contributed by atoms with Crippen molar-refractivity contribution in [2.45, 2.75) is 44.6 Å². The van der Waals surface area contributed by atoms with Gasteiger partial charge in [0.25, 0.3) is 0 Å². The first-order valence-corrected chi connectivity index (χ1v) is 7.31. The Bertz CT molecular complexity index is 289. The lowest BCUT2D eigenvalue weighted by Gasteiger charge is -2.53. The second kappa shape index (κ2) is 4.61. The summed E-state index contributed by atoms with van der Waals surface area (Å²) in [5, 5.41) is 0. The maximum absolute atomic E-state index is 6.03. The van der Waals surface area contributed by atoms with Gasteiger partial charge in [0.05, 0.1) is 0 Å². The van der Waals surface area contributed by atoms with Gasteiger partial charge in [-0.25, -0.2) is 0 Å². The van der Waals surface area contributed by atoms with Crippen LogP contribution in [0.1, 0.15) is 38.5 Å². The molecule has 1 nitrogen and oxygen atoms in total. The van der Waals surface area contributed by atoms with Crippen LogP contribution in [0.5, 0.6) is 0 Å². The van der Waals surface area contributed by atoms with Crippen molar-refractivity contribution in [1.82, 2.24) is 0 Å². The average molecular weight is 231 g/mol. The molecule has 4 bridgehead atoms. The smallest absolute Gasteiger partial charge is 0.0258 e. The van der Waals surface area contributed by atoms with Crippen molar-refractivity contribution in [2.75, 3.05) is 0 Å². The molecule has 0 radical (unpaired) electrons. The fourth-order valence-corrected chi connectivity index (χ4v) is 4.82. The van der Waals surface area contributed by atoms with E-state index in [9.17, 15) is 0 Å². The summed E-state index contributed by atoms with van der Waals surface area (Å²) < 4.78 is 0. The maximum Gasteiger partial charge on any atom is 0.0258 e. The van der Waals surface area contributed by atoms with Crippen LogP contribution in [0.25, 0.3) is 0 Å². The average Bonchev–Trinajstić information content (AvgIpc) is 2.27. The Morgan fingerprint density at radius 2 is 1.65 bits per heavy atom. The molecular formula is C16H25N. The summed E-state index contributed by atoms with van der Waals surface area (Å²) in [7, 11) is 0. The van der Waals surface area contributed by atoms with Crippen LogP contribution in [0.3, 0.4) is 0 Å². The number of nitrogens with two attached hydrogens (primary N) is 1. The van der Waals surface area contributed by atoms with Crippen LogP contribution in [0, 0.1) is 29.6 Å². The Balaban J connectivity index is 1.66. The van der Waals surface area contributed by atoms with Crippen molar-refractivity contribution >= 4 is 0 Å². The number of allylic oxidation sites excluding steroid dienone is 1. The number of rotatable bonds is 4. The summed E-state index contributed by atoms with van der Waals surface area (Å²) >= 11 is 0. The zero-order valence-corrected chi connectivity index (χ0v) is 10.7. The molecule has 2 N–H and O–H groups in total. The normalized spacial score (nSPS) is 45.4. The SMILES string of the molecule is C=CCC(N)/C=C/C1C2CC3CC(C2)CC1C3. The minimum Gasteiger partial charge on any atom is -0.324 e. The molecule has 4 aliphatic carbocycles. The summed E-state index contributed by atoms with van der Waals surface area (Å²) in [6.07, 6.45) is 15.1. The Morgan fingerprint density at radius 1 is 1.06 bits per heavy atom. The van der Waals surface area contributed by atoms with Crippen LogP contribution in [0.4, 0.5) is 0 Å². The van der Waals surface area contributed by atoms with Crippen LogP contribution in [0.15, 0.2) is 24.8 Å². The topological polar surface area (TPSA) is 26.0 Å². The molecule has 0 aromatic rings. The van der Waals surface area contributed by atoms with E-state index in [-0.39, 0.29) is 6.04 Å². The van der Waals surface area contributed by atoms with E-state index < -0.39 is 0 Å². The van der Waals surface area contributed by atoms with Gasteiger partial charge in [-0.3, -0.25) is 0 Å². The molecule has 0 spiro atoms. The van der Waals surface area contributed by atoms with E-state index in [1.807, 2.05) is 6.08 Å². The van der Waals surface area contributed by atoms with Crippen molar-refractivity contribution in [3.05, 3.63) is 24.8 Å². The molecule has 0 amide bonds. The Labute approximate surface area is 105 Å². The summed E-state index contributed by atoms with van der Waals surface area (Å²) in [6, 6.07) is 0.185. The third-order valence-corrected chi connectivity index (χ3v) is 5.32. The summed E-state index contributed by atoms with van der Waals surface area (Å²) in [5.41, 5.74) is 6.03. The molecule has 17 heavy (non-hydrogen) atoms. The van der Waals surface area contributed by atoms with E-state index in [4.69, 9.17) is 5.73 Å². The quantitative estimate of drug-likeness (QED) is 0.736. The molecule has 0 aromatic carbocycles. The molecular weight excluding hydrogens is 206 g/mol. The second-order valence-electron chi connectivity index (χ2n) is 6.58. The monoisotopic (exact) mass is 231 g/mol. The molecule has 1 unspecified atom stereocenters. The van der Waals surface area contributed by atoms with E-state index in [0.29, 0.717) is 0 Å². The van der Waals surface area contributed by atoms with Crippen molar-refractivity contribution in [2.24, 2.45) is 35.3 Å². The zero-order valence-electron chi connectivity index (χ0n) is 10.7. The standard InChI is InChI=1S/C16H25N/c1-2-3-15(17)4-5-16-13-7-11-6-12(9-13)10-14(16)8-11/h2,4-5,11-16H,1,3,6-10,17H2/b5-4+. The van der Waals surface area contributed by atoms with Gasteiger partial charge in [0.1, 0.15) is 0 Å². The third kappa shape index (κ3) is 2.22. The lowest BCUT2D eigenvalue weighted by molar-refractivity contribution is -0.0162. The summed E-state index contributed by atoms with van der Waals surface area (Å²) in [4.78, 5) is 0. The number of hydrogen-bond donors (Lipinski definition) is 1. The third-order valence-electron chi connectivity index (χ3n) is 5.32. The Morgan fingerprint density at radius 3 is 2.18 bits per heavy atom. The zero-order chi connectivity index (χ0) is 11.8. The van der Waals surface area contributed by atoms with Crippen molar-refractivity contribution < 1.29 is 0 Å². The van der Waals surface area contributed by atoms with E-state index in [0.717, 1.165) is 36.0 Å². The molecule has 1 heteroatoms. The fourth-order valence-electron chi connectivity index (χ4n) is 4.82. The predicted octanol–water partition coefficient (Wildman–Crippen LogP) is 3.52. The first-order chi connectivity index (χ1) is 8.26. The van der Waals surface area contributed by atoms with Gasteiger partial charge in [-0.1, -0.05) is 18.2 Å². The summed E-state index contributed by atoms with van der Waals surface area (Å²) in [5.74, 6) is 4.96. The Hall–Kier alpha value is -0.560. The first kappa shape index (κ1) is 11.5. The first-order valence-electron chi connectivity index (χ1n) is 7.31. The van der Waals surface area contributed by atoms with Crippen LogP contribution in [0.2, 0.25) is 0 Å². The molecule has 0 heterocycles. The van der Waals surface area contributed by atoms with Gasteiger partial charge in [-0.15, -0.1) is 6.58 Å². The predicted molar refractivity (Wildman–Crippen MR) is 72.5 cm³/mol. The van der Waals surface area contributed by atoms with Crippen molar-refractivity contribution in [3.8, 4) is 0 Å². The summed E-state index contributed by atoms with van der Waals surface area (Å²) in [6.45, 7) is 3.75. The lowest BCUT2D eigenvalue weighted by atomic mass is 9.52. The molecule has 94 valence electrons. The fraction of sp³-hybridized carbons (Fsp3) is 0.750. The van der Waals surface area contributed by atoms with Gasteiger partial charge in [0.2, 0.25) is 0 Å².